The molecule has 0 aliphatic heterocycles. The molecule has 0 aromatic heterocycles. The van der Waals surface area contributed by atoms with Gasteiger partial charge in [0.25, 0.3) is 0 Å². The minimum absolute atomic E-state index is 0.000489. The SMILES string of the molecule is CCN(CC)C(=O)CN(CCCO)CC(C)C(=O)O. The van der Waals surface area contributed by atoms with Gasteiger partial charge in [-0.15, -0.1) is 0 Å². The number of carbonyl (C=O) groups is 2. The average Bonchev–Trinajstić information content (AvgIpc) is 2.37. The summed E-state index contributed by atoms with van der Waals surface area (Å²) in [6.07, 6.45) is 0.540. The number of rotatable bonds is 10. The smallest absolute Gasteiger partial charge is 0.307 e. The van der Waals surface area contributed by atoms with Gasteiger partial charge in [0, 0.05) is 32.8 Å². The topological polar surface area (TPSA) is 81.1 Å². The average molecular weight is 274 g/mol. The Morgan fingerprint density at radius 2 is 1.79 bits per heavy atom. The molecular weight excluding hydrogens is 248 g/mol. The number of hydrogen-bond acceptors (Lipinski definition) is 4. The van der Waals surface area contributed by atoms with E-state index in [1.54, 1.807) is 16.7 Å². The van der Waals surface area contributed by atoms with Crippen LogP contribution in [0.3, 0.4) is 0 Å². The van der Waals surface area contributed by atoms with Crippen molar-refractivity contribution in [2.45, 2.75) is 27.2 Å². The van der Waals surface area contributed by atoms with Crippen molar-refractivity contribution >= 4 is 11.9 Å². The number of nitrogens with zero attached hydrogens (tertiary/aromatic N) is 2. The summed E-state index contributed by atoms with van der Waals surface area (Å²) in [6, 6.07) is 0. The van der Waals surface area contributed by atoms with Crippen molar-refractivity contribution in [1.29, 1.82) is 0 Å². The van der Waals surface area contributed by atoms with Crippen LogP contribution in [0.25, 0.3) is 0 Å². The predicted molar refractivity (Wildman–Crippen MR) is 72.9 cm³/mol. The van der Waals surface area contributed by atoms with Gasteiger partial charge in [-0.2, -0.15) is 0 Å². The van der Waals surface area contributed by atoms with Gasteiger partial charge in [0.15, 0.2) is 0 Å². The number of carbonyl (C=O) groups excluding carboxylic acids is 1. The van der Waals surface area contributed by atoms with E-state index in [2.05, 4.69) is 0 Å². The Labute approximate surface area is 115 Å². The predicted octanol–water partition coefficient (Wildman–Crippen LogP) is 0.260. The molecule has 0 saturated heterocycles. The number of aliphatic carboxylic acids is 1. The summed E-state index contributed by atoms with van der Waals surface area (Å²) >= 11 is 0. The molecule has 0 aliphatic rings. The molecule has 0 radical (unpaired) electrons. The van der Waals surface area contributed by atoms with Crippen molar-refractivity contribution < 1.29 is 19.8 Å². The van der Waals surface area contributed by atoms with Crippen LogP contribution in [0.5, 0.6) is 0 Å². The normalized spacial score (nSPS) is 12.5. The van der Waals surface area contributed by atoms with Gasteiger partial charge in [0.05, 0.1) is 12.5 Å². The molecule has 1 atom stereocenters. The second kappa shape index (κ2) is 9.75. The fraction of sp³-hybridized carbons (Fsp3) is 0.846. The molecule has 0 rings (SSSR count). The Morgan fingerprint density at radius 3 is 2.21 bits per heavy atom. The zero-order valence-electron chi connectivity index (χ0n) is 12.1. The zero-order chi connectivity index (χ0) is 14.8. The fourth-order valence-corrected chi connectivity index (χ4v) is 1.86. The highest BCUT2D eigenvalue weighted by Gasteiger charge is 2.19. The summed E-state index contributed by atoms with van der Waals surface area (Å²) in [5.74, 6) is -1.40. The van der Waals surface area contributed by atoms with Gasteiger partial charge >= 0.3 is 5.97 Å². The van der Waals surface area contributed by atoms with Crippen LogP contribution < -0.4 is 0 Å². The summed E-state index contributed by atoms with van der Waals surface area (Å²) in [7, 11) is 0. The Balaban J connectivity index is 4.48. The second-order valence-corrected chi connectivity index (χ2v) is 4.62. The third-order valence-electron chi connectivity index (χ3n) is 3.06. The first-order valence-electron chi connectivity index (χ1n) is 6.79. The summed E-state index contributed by atoms with van der Waals surface area (Å²) < 4.78 is 0. The van der Waals surface area contributed by atoms with Gasteiger partial charge in [-0.1, -0.05) is 6.92 Å². The molecule has 0 aliphatic carbocycles. The van der Waals surface area contributed by atoms with Crippen molar-refractivity contribution in [2.75, 3.05) is 39.3 Å². The van der Waals surface area contributed by atoms with Crippen LogP contribution in [-0.4, -0.2) is 71.2 Å². The lowest BCUT2D eigenvalue weighted by Gasteiger charge is -2.27. The number of likely N-dealkylation sites (N-methyl/N-ethyl adjacent to an activating group) is 1. The van der Waals surface area contributed by atoms with Crippen LogP contribution in [0.1, 0.15) is 27.2 Å². The molecule has 0 bridgehead atoms. The van der Waals surface area contributed by atoms with E-state index in [9.17, 15) is 9.59 Å². The molecule has 0 aromatic carbocycles. The van der Waals surface area contributed by atoms with Crippen LogP contribution in [0.15, 0.2) is 0 Å². The molecule has 6 nitrogen and oxygen atoms in total. The largest absolute Gasteiger partial charge is 0.481 e. The van der Waals surface area contributed by atoms with Crippen molar-refractivity contribution in [3.63, 3.8) is 0 Å². The fourth-order valence-electron chi connectivity index (χ4n) is 1.86. The van der Waals surface area contributed by atoms with E-state index in [0.717, 1.165) is 0 Å². The first kappa shape index (κ1) is 17.9. The number of aliphatic hydroxyl groups excluding tert-OH is 1. The number of amides is 1. The van der Waals surface area contributed by atoms with Crippen molar-refractivity contribution in [3.8, 4) is 0 Å². The van der Waals surface area contributed by atoms with Gasteiger partial charge in [0.2, 0.25) is 5.91 Å². The van der Waals surface area contributed by atoms with E-state index in [1.807, 2.05) is 13.8 Å². The molecule has 0 spiro atoms. The third kappa shape index (κ3) is 7.12. The quantitative estimate of drug-likeness (QED) is 0.597. The first-order valence-corrected chi connectivity index (χ1v) is 6.79. The van der Waals surface area contributed by atoms with Gasteiger partial charge in [-0.25, -0.2) is 0 Å². The maximum Gasteiger partial charge on any atom is 0.307 e. The minimum Gasteiger partial charge on any atom is -0.481 e. The number of carboxylic acid groups (broad SMARTS) is 1. The molecule has 0 fully saturated rings. The maximum absolute atomic E-state index is 12.0. The number of hydrogen-bond donors (Lipinski definition) is 2. The standard InChI is InChI=1S/C13H26N2O4/c1-4-15(5-2)12(17)10-14(7-6-8-16)9-11(3)13(18)19/h11,16H,4-10H2,1-3H3,(H,18,19). The molecule has 2 N–H and O–H groups in total. The van der Waals surface area contributed by atoms with E-state index in [4.69, 9.17) is 10.2 Å². The van der Waals surface area contributed by atoms with E-state index < -0.39 is 11.9 Å². The minimum atomic E-state index is -0.871. The lowest BCUT2D eigenvalue weighted by molar-refractivity contribution is -0.142. The molecule has 6 heteroatoms. The van der Waals surface area contributed by atoms with Crippen LogP contribution in [0.4, 0.5) is 0 Å². The first-order chi connectivity index (χ1) is 8.96. The van der Waals surface area contributed by atoms with Crippen molar-refractivity contribution in [2.24, 2.45) is 5.92 Å². The highest BCUT2D eigenvalue weighted by Crippen LogP contribution is 2.03. The van der Waals surface area contributed by atoms with Crippen molar-refractivity contribution in [1.82, 2.24) is 9.80 Å². The van der Waals surface area contributed by atoms with Crippen LogP contribution >= 0.6 is 0 Å². The van der Waals surface area contributed by atoms with Crippen LogP contribution in [-0.2, 0) is 9.59 Å². The summed E-state index contributed by atoms with van der Waals surface area (Å²) in [5, 5.41) is 17.8. The molecule has 1 unspecified atom stereocenters. The zero-order valence-corrected chi connectivity index (χ0v) is 12.1. The maximum atomic E-state index is 12.0. The second-order valence-electron chi connectivity index (χ2n) is 4.62. The van der Waals surface area contributed by atoms with Crippen LogP contribution in [0, 0.1) is 5.92 Å². The lowest BCUT2D eigenvalue weighted by atomic mass is 10.1. The van der Waals surface area contributed by atoms with Crippen LogP contribution in [0.2, 0.25) is 0 Å². The third-order valence-corrected chi connectivity index (χ3v) is 3.06. The molecule has 1 amide bonds. The molecule has 0 heterocycles. The molecule has 0 saturated carbocycles. The van der Waals surface area contributed by atoms with Crippen molar-refractivity contribution in [3.05, 3.63) is 0 Å². The Kier molecular flexibility index (Phi) is 9.16. The highest BCUT2D eigenvalue weighted by molar-refractivity contribution is 5.78. The van der Waals surface area contributed by atoms with Gasteiger partial charge < -0.3 is 15.1 Å². The van der Waals surface area contributed by atoms with E-state index in [0.29, 0.717) is 32.6 Å². The lowest BCUT2D eigenvalue weighted by Crippen LogP contribution is -2.43. The van der Waals surface area contributed by atoms with E-state index in [-0.39, 0.29) is 19.1 Å². The Morgan fingerprint density at radius 1 is 1.21 bits per heavy atom. The molecule has 112 valence electrons. The summed E-state index contributed by atoms with van der Waals surface area (Å²) in [4.78, 5) is 26.4. The van der Waals surface area contributed by atoms with E-state index >= 15 is 0 Å². The van der Waals surface area contributed by atoms with E-state index in [1.165, 1.54) is 0 Å². The molecular formula is C13H26N2O4. The monoisotopic (exact) mass is 274 g/mol. The summed E-state index contributed by atoms with van der Waals surface area (Å²) in [5.41, 5.74) is 0. The molecule has 19 heavy (non-hydrogen) atoms. The van der Waals surface area contributed by atoms with Gasteiger partial charge in [0.1, 0.15) is 0 Å². The number of aliphatic hydroxyl groups is 1. The Bertz CT molecular complexity index is 280. The number of carboxylic acids is 1. The van der Waals surface area contributed by atoms with Gasteiger partial charge in [-0.05, 0) is 20.3 Å². The van der Waals surface area contributed by atoms with Gasteiger partial charge in [-0.3, -0.25) is 14.5 Å². The summed E-state index contributed by atoms with van der Waals surface area (Å²) in [6.45, 7) is 7.85. The highest BCUT2D eigenvalue weighted by atomic mass is 16.4. The Hall–Kier alpha value is -1.14. The molecule has 0 aromatic rings.